The van der Waals surface area contributed by atoms with Crippen molar-refractivity contribution >= 4 is 5.97 Å². The molecule has 2 N–H and O–H groups in total. The van der Waals surface area contributed by atoms with Crippen molar-refractivity contribution in [2.24, 2.45) is 11.7 Å². The number of unbranched alkanes of at least 4 members (excludes halogenated alkanes) is 3. The molecule has 0 fully saturated rings. The van der Waals surface area contributed by atoms with E-state index in [-0.39, 0.29) is 11.9 Å². The third-order valence-corrected chi connectivity index (χ3v) is 2.30. The third kappa shape index (κ3) is 8.62. The summed E-state index contributed by atoms with van der Waals surface area (Å²) < 4.78 is 5.31. The van der Waals surface area contributed by atoms with Crippen molar-refractivity contribution in [3.63, 3.8) is 0 Å². The van der Waals surface area contributed by atoms with Gasteiger partial charge in [-0.3, -0.25) is 4.79 Å². The van der Waals surface area contributed by atoms with Crippen LogP contribution >= 0.6 is 0 Å². The van der Waals surface area contributed by atoms with Crippen molar-refractivity contribution in [2.75, 3.05) is 0 Å². The fourth-order valence-electron chi connectivity index (χ4n) is 1.50. The molecule has 0 rings (SSSR count). The van der Waals surface area contributed by atoms with Crippen LogP contribution in [0, 0.1) is 17.9 Å². The van der Waals surface area contributed by atoms with Crippen LogP contribution in [0.3, 0.4) is 0 Å². The molecular formula is C14H25NO2. The van der Waals surface area contributed by atoms with Gasteiger partial charge in [0.05, 0.1) is 0 Å². The Labute approximate surface area is 105 Å². The van der Waals surface area contributed by atoms with Crippen molar-refractivity contribution < 1.29 is 9.53 Å². The van der Waals surface area contributed by atoms with E-state index < -0.39 is 5.60 Å². The van der Waals surface area contributed by atoms with Crippen molar-refractivity contribution in [1.82, 2.24) is 0 Å². The lowest BCUT2D eigenvalue weighted by Crippen LogP contribution is -2.28. The molecule has 0 aromatic rings. The van der Waals surface area contributed by atoms with Gasteiger partial charge in [-0.1, -0.05) is 38.5 Å². The number of carbonyl (C=O) groups is 1. The van der Waals surface area contributed by atoms with Crippen LogP contribution in [0.2, 0.25) is 0 Å². The zero-order valence-corrected chi connectivity index (χ0v) is 11.5. The first-order valence-corrected chi connectivity index (χ1v) is 6.34. The monoisotopic (exact) mass is 239 g/mol. The molecule has 0 saturated heterocycles. The molecule has 1 atom stereocenters. The Balaban J connectivity index is 4.21. The summed E-state index contributed by atoms with van der Waals surface area (Å²) in [6.07, 6.45) is 5.23. The van der Waals surface area contributed by atoms with E-state index in [2.05, 4.69) is 18.9 Å². The minimum atomic E-state index is -0.463. The fourth-order valence-corrected chi connectivity index (χ4v) is 1.50. The molecule has 0 aromatic carbocycles. The van der Waals surface area contributed by atoms with Crippen LogP contribution in [0.5, 0.6) is 0 Å². The van der Waals surface area contributed by atoms with Gasteiger partial charge in [-0.15, -0.1) is 0 Å². The summed E-state index contributed by atoms with van der Waals surface area (Å²) in [4.78, 5) is 11.8. The van der Waals surface area contributed by atoms with E-state index in [0.717, 1.165) is 19.3 Å². The van der Waals surface area contributed by atoms with Gasteiger partial charge in [-0.2, -0.15) is 0 Å². The molecule has 0 radical (unpaired) electrons. The van der Waals surface area contributed by atoms with Gasteiger partial charge in [0.1, 0.15) is 11.5 Å². The number of hydrogen-bond acceptors (Lipinski definition) is 3. The average Bonchev–Trinajstić information content (AvgIpc) is 2.20. The standard InChI is InChI=1S/C14H25NO2/c1-5-6-7-8-9-12(10-11-15)13(16)17-14(2,3)4/h12H,5-9,15H2,1-4H3. The van der Waals surface area contributed by atoms with Gasteiger partial charge in [0.25, 0.3) is 0 Å². The molecule has 0 aromatic heterocycles. The van der Waals surface area contributed by atoms with Crippen molar-refractivity contribution in [2.45, 2.75) is 65.4 Å². The van der Waals surface area contributed by atoms with Gasteiger partial charge in [0.2, 0.25) is 0 Å². The summed E-state index contributed by atoms with van der Waals surface area (Å²) in [6, 6.07) is 2.32. The third-order valence-electron chi connectivity index (χ3n) is 2.30. The maximum atomic E-state index is 11.8. The van der Waals surface area contributed by atoms with Gasteiger partial charge >= 0.3 is 5.97 Å². The quantitative estimate of drug-likeness (QED) is 0.335. The van der Waals surface area contributed by atoms with Gasteiger partial charge < -0.3 is 10.5 Å². The molecule has 0 saturated carbocycles. The molecule has 0 spiro atoms. The average molecular weight is 239 g/mol. The second-order valence-corrected chi connectivity index (χ2v) is 5.22. The van der Waals surface area contributed by atoms with E-state index in [1.54, 1.807) is 0 Å². The highest BCUT2D eigenvalue weighted by Crippen LogP contribution is 2.16. The van der Waals surface area contributed by atoms with E-state index in [9.17, 15) is 4.79 Å². The number of ether oxygens (including phenoxy) is 1. The highest BCUT2D eigenvalue weighted by atomic mass is 16.6. The highest BCUT2D eigenvalue weighted by Gasteiger charge is 2.23. The minimum absolute atomic E-state index is 0.257. The van der Waals surface area contributed by atoms with Gasteiger partial charge in [-0.25, -0.2) is 0 Å². The summed E-state index contributed by atoms with van der Waals surface area (Å²) in [5.74, 6) is 2.10. The molecule has 17 heavy (non-hydrogen) atoms. The molecule has 3 heteroatoms. The van der Waals surface area contributed by atoms with Gasteiger partial charge in [0.15, 0.2) is 0 Å². The van der Waals surface area contributed by atoms with Crippen molar-refractivity contribution in [3.8, 4) is 12.0 Å². The Morgan fingerprint density at radius 3 is 2.41 bits per heavy atom. The lowest BCUT2D eigenvalue weighted by molar-refractivity contribution is -0.158. The summed E-state index contributed by atoms with van der Waals surface area (Å²) >= 11 is 0. The summed E-state index contributed by atoms with van der Waals surface area (Å²) in [6.45, 7) is 7.73. The van der Waals surface area contributed by atoms with E-state index >= 15 is 0 Å². The van der Waals surface area contributed by atoms with Crippen LogP contribution in [0.25, 0.3) is 0 Å². The van der Waals surface area contributed by atoms with E-state index in [0.29, 0.717) is 0 Å². The Morgan fingerprint density at radius 2 is 1.94 bits per heavy atom. The van der Waals surface area contributed by atoms with Crippen LogP contribution in [0.1, 0.15) is 59.8 Å². The molecule has 0 aliphatic heterocycles. The Hall–Kier alpha value is -1.17. The SMILES string of the molecule is CCCCCCC(C#CN)C(=O)OC(C)(C)C. The van der Waals surface area contributed by atoms with Crippen LogP contribution < -0.4 is 5.73 Å². The molecule has 3 nitrogen and oxygen atoms in total. The van der Waals surface area contributed by atoms with Crippen LogP contribution in [-0.2, 0) is 9.53 Å². The number of esters is 1. The van der Waals surface area contributed by atoms with Gasteiger partial charge in [-0.05, 0) is 27.2 Å². The zero-order chi connectivity index (χ0) is 13.3. The number of hydrogen-bond donors (Lipinski definition) is 1. The topological polar surface area (TPSA) is 52.3 Å². The summed E-state index contributed by atoms with van der Waals surface area (Å²) in [5.41, 5.74) is 4.73. The largest absolute Gasteiger partial charge is 0.459 e. The van der Waals surface area contributed by atoms with Crippen molar-refractivity contribution in [3.05, 3.63) is 0 Å². The zero-order valence-electron chi connectivity index (χ0n) is 11.5. The molecule has 0 aliphatic carbocycles. The maximum Gasteiger partial charge on any atom is 0.321 e. The van der Waals surface area contributed by atoms with Crippen LogP contribution in [-0.4, -0.2) is 11.6 Å². The highest BCUT2D eigenvalue weighted by molar-refractivity contribution is 5.76. The number of carbonyl (C=O) groups excluding carboxylic acids is 1. The fraction of sp³-hybridized carbons (Fsp3) is 0.786. The predicted molar refractivity (Wildman–Crippen MR) is 70.1 cm³/mol. The van der Waals surface area contributed by atoms with E-state index in [1.807, 2.05) is 20.8 Å². The van der Waals surface area contributed by atoms with Crippen LogP contribution in [0.15, 0.2) is 0 Å². The Morgan fingerprint density at radius 1 is 1.29 bits per heavy atom. The second-order valence-electron chi connectivity index (χ2n) is 5.22. The second kappa shape index (κ2) is 8.00. The Kier molecular flexibility index (Phi) is 7.45. The maximum absolute atomic E-state index is 11.8. The van der Waals surface area contributed by atoms with E-state index in [1.165, 1.54) is 12.8 Å². The lowest BCUT2D eigenvalue weighted by Gasteiger charge is -2.21. The van der Waals surface area contributed by atoms with E-state index in [4.69, 9.17) is 10.5 Å². The summed E-state index contributed by atoms with van der Waals surface area (Å²) in [5, 5.41) is 0. The molecule has 98 valence electrons. The molecule has 1 unspecified atom stereocenters. The summed E-state index contributed by atoms with van der Waals surface area (Å²) in [7, 11) is 0. The Bertz CT molecular complexity index is 281. The van der Waals surface area contributed by atoms with Crippen molar-refractivity contribution in [1.29, 1.82) is 0 Å². The molecule has 0 bridgehead atoms. The molecule has 0 amide bonds. The normalized spacial score (nSPS) is 12.5. The molecule has 0 aliphatic rings. The minimum Gasteiger partial charge on any atom is -0.459 e. The van der Waals surface area contributed by atoms with Crippen LogP contribution in [0.4, 0.5) is 0 Å². The first kappa shape index (κ1) is 15.8. The molecule has 0 heterocycles. The number of rotatable bonds is 6. The number of nitrogens with two attached hydrogens (primary N) is 1. The van der Waals surface area contributed by atoms with Gasteiger partial charge in [0, 0.05) is 6.04 Å². The molecular weight excluding hydrogens is 214 g/mol. The smallest absolute Gasteiger partial charge is 0.321 e. The first-order chi connectivity index (χ1) is 7.90. The predicted octanol–water partition coefficient (Wildman–Crippen LogP) is 2.83. The lowest BCUT2D eigenvalue weighted by atomic mass is 10.0. The first-order valence-electron chi connectivity index (χ1n) is 6.34.